The largest absolute Gasteiger partial charge is 0.377 e. The molecule has 5 nitrogen and oxygen atoms in total. The zero-order valence-electron chi connectivity index (χ0n) is 14.7. The average Bonchev–Trinajstić information content (AvgIpc) is 2.88. The maximum absolute atomic E-state index is 12.5. The van der Waals surface area contributed by atoms with Crippen LogP contribution in [0.1, 0.15) is 30.3 Å². The van der Waals surface area contributed by atoms with E-state index in [1.807, 2.05) is 53.8 Å². The third-order valence-corrected chi connectivity index (χ3v) is 4.72. The van der Waals surface area contributed by atoms with Crippen molar-refractivity contribution in [3.05, 3.63) is 47.3 Å². The van der Waals surface area contributed by atoms with Gasteiger partial charge >= 0.3 is 0 Å². The summed E-state index contributed by atoms with van der Waals surface area (Å²) < 4.78 is 7.37. The van der Waals surface area contributed by atoms with Crippen molar-refractivity contribution in [1.29, 1.82) is 0 Å². The van der Waals surface area contributed by atoms with Crippen molar-refractivity contribution in [2.75, 3.05) is 19.8 Å². The van der Waals surface area contributed by atoms with Gasteiger partial charge < -0.3 is 9.64 Å². The molecule has 1 aliphatic heterocycles. The highest BCUT2D eigenvalue weighted by atomic mass is 16.5. The van der Waals surface area contributed by atoms with Crippen LogP contribution in [0.15, 0.2) is 30.3 Å². The number of hydrogen-bond donors (Lipinski definition) is 0. The number of para-hydroxylation sites is 1. The van der Waals surface area contributed by atoms with Crippen molar-refractivity contribution in [3.8, 4) is 5.69 Å². The zero-order chi connectivity index (χ0) is 17.1. The van der Waals surface area contributed by atoms with Crippen LogP contribution >= 0.6 is 0 Å². The number of nitrogens with zero attached hydrogens (tertiary/aromatic N) is 3. The Morgan fingerprint density at radius 3 is 2.75 bits per heavy atom. The molecular weight excluding hydrogens is 302 g/mol. The quantitative estimate of drug-likeness (QED) is 0.867. The number of benzene rings is 1. The summed E-state index contributed by atoms with van der Waals surface area (Å²) >= 11 is 0. The van der Waals surface area contributed by atoms with Gasteiger partial charge in [-0.3, -0.25) is 4.79 Å². The monoisotopic (exact) mass is 327 g/mol. The SMILES string of the molecule is Cc1nn(-c2ccccc2)c(C)c1CCC(=O)N1CCOCC1C. The van der Waals surface area contributed by atoms with Crippen molar-refractivity contribution in [2.24, 2.45) is 0 Å². The lowest BCUT2D eigenvalue weighted by atomic mass is 10.1. The molecule has 0 saturated carbocycles. The number of amides is 1. The van der Waals surface area contributed by atoms with Crippen LogP contribution in [0, 0.1) is 13.8 Å². The van der Waals surface area contributed by atoms with Gasteiger partial charge in [0.1, 0.15) is 0 Å². The number of ether oxygens (including phenoxy) is 1. The molecule has 3 rings (SSSR count). The van der Waals surface area contributed by atoms with Crippen LogP contribution in [0.3, 0.4) is 0 Å². The van der Waals surface area contributed by atoms with E-state index in [4.69, 9.17) is 4.74 Å². The van der Waals surface area contributed by atoms with Crippen molar-refractivity contribution in [1.82, 2.24) is 14.7 Å². The van der Waals surface area contributed by atoms with Gasteiger partial charge in [0.05, 0.1) is 30.6 Å². The van der Waals surface area contributed by atoms with Crippen LogP contribution in [0.5, 0.6) is 0 Å². The molecule has 1 atom stereocenters. The van der Waals surface area contributed by atoms with Crippen LogP contribution in [-0.2, 0) is 16.0 Å². The third-order valence-electron chi connectivity index (χ3n) is 4.72. The highest BCUT2D eigenvalue weighted by Crippen LogP contribution is 2.20. The van der Waals surface area contributed by atoms with Crippen LogP contribution in [0.4, 0.5) is 0 Å². The Hall–Kier alpha value is -2.14. The first kappa shape index (κ1) is 16.7. The lowest BCUT2D eigenvalue weighted by Gasteiger charge is -2.33. The summed E-state index contributed by atoms with van der Waals surface area (Å²) in [6.45, 7) is 8.10. The van der Waals surface area contributed by atoms with E-state index < -0.39 is 0 Å². The summed E-state index contributed by atoms with van der Waals surface area (Å²) in [6, 6.07) is 10.3. The molecule has 1 fully saturated rings. The Morgan fingerprint density at radius 2 is 2.04 bits per heavy atom. The number of aryl methyl sites for hydroxylation is 1. The van der Waals surface area contributed by atoms with E-state index in [0.29, 0.717) is 26.2 Å². The molecular formula is C19H25N3O2. The fourth-order valence-corrected chi connectivity index (χ4v) is 3.33. The molecule has 0 aliphatic carbocycles. The molecule has 1 saturated heterocycles. The Balaban J connectivity index is 1.72. The van der Waals surface area contributed by atoms with Crippen molar-refractivity contribution < 1.29 is 9.53 Å². The van der Waals surface area contributed by atoms with Gasteiger partial charge in [0.25, 0.3) is 0 Å². The number of carbonyl (C=O) groups is 1. The number of aromatic nitrogens is 2. The summed E-state index contributed by atoms with van der Waals surface area (Å²) in [5.74, 6) is 0.206. The Bertz CT molecular complexity index is 709. The number of carbonyl (C=O) groups excluding carboxylic acids is 1. The summed E-state index contributed by atoms with van der Waals surface area (Å²) in [5, 5.41) is 4.66. The number of morpholine rings is 1. The van der Waals surface area contributed by atoms with Gasteiger partial charge in [-0.1, -0.05) is 18.2 Å². The molecule has 128 valence electrons. The highest BCUT2D eigenvalue weighted by Gasteiger charge is 2.24. The topological polar surface area (TPSA) is 47.4 Å². The fraction of sp³-hybridized carbons (Fsp3) is 0.474. The zero-order valence-corrected chi connectivity index (χ0v) is 14.7. The molecule has 1 amide bonds. The lowest BCUT2D eigenvalue weighted by Crippen LogP contribution is -2.47. The molecule has 5 heteroatoms. The van der Waals surface area contributed by atoms with E-state index in [-0.39, 0.29) is 11.9 Å². The molecule has 2 aromatic rings. The number of rotatable bonds is 4. The van der Waals surface area contributed by atoms with Crippen LogP contribution < -0.4 is 0 Å². The van der Waals surface area contributed by atoms with E-state index >= 15 is 0 Å². The second-order valence-corrected chi connectivity index (χ2v) is 6.41. The van der Waals surface area contributed by atoms with Gasteiger partial charge in [-0.2, -0.15) is 5.10 Å². The van der Waals surface area contributed by atoms with E-state index in [1.165, 1.54) is 5.56 Å². The number of hydrogen-bond acceptors (Lipinski definition) is 3. The highest BCUT2D eigenvalue weighted by molar-refractivity contribution is 5.77. The molecule has 1 aromatic heterocycles. The summed E-state index contributed by atoms with van der Waals surface area (Å²) in [7, 11) is 0. The Morgan fingerprint density at radius 1 is 1.29 bits per heavy atom. The van der Waals surface area contributed by atoms with E-state index in [2.05, 4.69) is 12.0 Å². The minimum absolute atomic E-state index is 0.167. The van der Waals surface area contributed by atoms with Gasteiger partial charge in [0, 0.05) is 18.7 Å². The van der Waals surface area contributed by atoms with Crippen molar-refractivity contribution >= 4 is 5.91 Å². The standard InChI is InChI=1S/C19H25N3O2/c1-14-13-24-12-11-21(14)19(23)10-9-18-15(2)20-22(16(18)3)17-7-5-4-6-8-17/h4-8,14H,9-13H2,1-3H3. The van der Waals surface area contributed by atoms with E-state index in [0.717, 1.165) is 23.5 Å². The normalized spacial score (nSPS) is 18.0. The van der Waals surface area contributed by atoms with Crippen molar-refractivity contribution in [3.63, 3.8) is 0 Å². The predicted octanol–water partition coefficient (Wildman–Crippen LogP) is 2.67. The smallest absolute Gasteiger partial charge is 0.223 e. The summed E-state index contributed by atoms with van der Waals surface area (Å²) in [5.41, 5.74) is 4.34. The minimum Gasteiger partial charge on any atom is -0.377 e. The third kappa shape index (κ3) is 3.36. The molecule has 0 radical (unpaired) electrons. The van der Waals surface area contributed by atoms with Gasteiger partial charge in [0.15, 0.2) is 0 Å². The van der Waals surface area contributed by atoms with Gasteiger partial charge in [0.2, 0.25) is 5.91 Å². The fourth-order valence-electron chi connectivity index (χ4n) is 3.33. The Kier molecular flexibility index (Phi) is 5.00. The van der Waals surface area contributed by atoms with Crippen LogP contribution in [0.25, 0.3) is 5.69 Å². The first-order chi connectivity index (χ1) is 11.6. The van der Waals surface area contributed by atoms with Crippen molar-refractivity contribution in [2.45, 2.75) is 39.7 Å². The molecule has 24 heavy (non-hydrogen) atoms. The molecule has 0 bridgehead atoms. The summed E-state index contributed by atoms with van der Waals surface area (Å²) in [4.78, 5) is 14.5. The van der Waals surface area contributed by atoms with Crippen LogP contribution in [-0.4, -0.2) is 46.4 Å². The van der Waals surface area contributed by atoms with E-state index in [1.54, 1.807) is 0 Å². The predicted molar refractivity (Wildman–Crippen MR) is 93.4 cm³/mol. The molecule has 1 unspecified atom stereocenters. The van der Waals surface area contributed by atoms with Crippen LogP contribution in [0.2, 0.25) is 0 Å². The Labute approximate surface area is 143 Å². The van der Waals surface area contributed by atoms with E-state index in [9.17, 15) is 4.79 Å². The van der Waals surface area contributed by atoms with Gasteiger partial charge in [-0.15, -0.1) is 0 Å². The lowest BCUT2D eigenvalue weighted by molar-refractivity contribution is -0.139. The first-order valence-electron chi connectivity index (χ1n) is 8.55. The molecule has 1 aliphatic rings. The minimum atomic E-state index is 0.167. The second-order valence-electron chi connectivity index (χ2n) is 6.41. The maximum Gasteiger partial charge on any atom is 0.223 e. The molecule has 1 aromatic carbocycles. The van der Waals surface area contributed by atoms with Gasteiger partial charge in [-0.25, -0.2) is 4.68 Å². The molecule has 0 spiro atoms. The first-order valence-corrected chi connectivity index (χ1v) is 8.55. The average molecular weight is 327 g/mol. The van der Waals surface area contributed by atoms with Gasteiger partial charge in [-0.05, 0) is 44.9 Å². The molecule has 0 N–H and O–H groups in total. The summed E-state index contributed by atoms with van der Waals surface area (Å²) in [6.07, 6.45) is 1.25. The second kappa shape index (κ2) is 7.18. The maximum atomic E-state index is 12.5. The molecule has 2 heterocycles.